The van der Waals surface area contributed by atoms with Crippen LogP contribution in [0, 0.1) is 5.92 Å². The third-order valence-electron chi connectivity index (χ3n) is 2.12. The molecule has 0 amide bonds. The first-order valence-corrected chi connectivity index (χ1v) is 6.00. The molecule has 0 radical (unpaired) electrons. The van der Waals surface area contributed by atoms with Gasteiger partial charge in [0.25, 0.3) is 0 Å². The van der Waals surface area contributed by atoms with E-state index in [1.165, 1.54) is 5.56 Å². The second kappa shape index (κ2) is 7.23. The van der Waals surface area contributed by atoms with Gasteiger partial charge in [0.1, 0.15) is 0 Å². The number of hydrogen-bond acceptors (Lipinski definition) is 3. The van der Waals surface area contributed by atoms with Crippen molar-refractivity contribution in [3.63, 3.8) is 0 Å². The molecule has 16 heavy (non-hydrogen) atoms. The lowest BCUT2D eigenvalue weighted by atomic mass is 10.2. The molecule has 0 aliphatic heterocycles. The number of hydrogen-bond donors (Lipinski definition) is 1. The minimum absolute atomic E-state index is 0.535. The van der Waals surface area contributed by atoms with Gasteiger partial charge >= 0.3 is 0 Å². The van der Waals surface area contributed by atoms with Crippen molar-refractivity contribution in [1.82, 2.24) is 10.3 Å². The van der Waals surface area contributed by atoms with Gasteiger partial charge in [0, 0.05) is 18.8 Å². The maximum atomic E-state index is 5.52. The molecular weight excluding hydrogens is 200 g/mol. The smallest absolute Gasteiger partial charge is 0.213 e. The van der Waals surface area contributed by atoms with Gasteiger partial charge in [0.2, 0.25) is 5.88 Å². The molecule has 0 saturated heterocycles. The molecule has 1 N–H and O–H groups in total. The Labute approximate surface area is 98.2 Å². The zero-order valence-corrected chi connectivity index (χ0v) is 10.5. The molecule has 1 aromatic heterocycles. The van der Waals surface area contributed by atoms with E-state index in [-0.39, 0.29) is 0 Å². The van der Waals surface area contributed by atoms with Gasteiger partial charge in [-0.05, 0) is 24.4 Å². The molecule has 0 spiro atoms. The first-order chi connectivity index (χ1) is 7.72. The van der Waals surface area contributed by atoms with Crippen LogP contribution in [0.1, 0.15) is 32.8 Å². The highest BCUT2D eigenvalue weighted by molar-refractivity contribution is 5.17. The first kappa shape index (κ1) is 13.0. The largest absolute Gasteiger partial charge is 0.477 e. The summed E-state index contributed by atoms with van der Waals surface area (Å²) in [4.78, 5) is 4.27. The van der Waals surface area contributed by atoms with Crippen LogP contribution in [0.4, 0.5) is 0 Å². The van der Waals surface area contributed by atoms with Crippen molar-refractivity contribution < 1.29 is 4.74 Å². The first-order valence-electron chi connectivity index (χ1n) is 6.00. The van der Waals surface area contributed by atoms with Crippen LogP contribution in [0.2, 0.25) is 0 Å². The molecule has 1 rings (SSSR count). The number of rotatable bonds is 7. The zero-order valence-electron chi connectivity index (χ0n) is 10.5. The van der Waals surface area contributed by atoms with Crippen LogP contribution >= 0.6 is 0 Å². The quantitative estimate of drug-likeness (QED) is 0.720. The summed E-state index contributed by atoms with van der Waals surface area (Å²) < 4.78 is 5.52. The number of nitrogens with zero attached hydrogens (tertiary/aromatic N) is 1. The summed E-state index contributed by atoms with van der Waals surface area (Å²) in [6, 6.07) is 4.00. The minimum Gasteiger partial charge on any atom is -0.477 e. The highest BCUT2D eigenvalue weighted by Crippen LogP contribution is 2.08. The fourth-order valence-electron chi connectivity index (χ4n) is 1.26. The van der Waals surface area contributed by atoms with Gasteiger partial charge in [-0.2, -0.15) is 0 Å². The van der Waals surface area contributed by atoms with Crippen LogP contribution in [0.3, 0.4) is 0 Å². The molecule has 0 saturated carbocycles. The third-order valence-corrected chi connectivity index (χ3v) is 2.12. The molecule has 0 fully saturated rings. The van der Waals surface area contributed by atoms with E-state index < -0.39 is 0 Å². The van der Waals surface area contributed by atoms with Gasteiger partial charge in [-0.25, -0.2) is 4.98 Å². The SMILES string of the molecule is CCCNCc1ccc(OCC(C)C)nc1. The molecule has 0 bridgehead atoms. The van der Waals surface area contributed by atoms with Gasteiger partial charge < -0.3 is 10.1 Å². The van der Waals surface area contributed by atoms with E-state index in [1.807, 2.05) is 12.3 Å². The Bertz CT molecular complexity index is 282. The van der Waals surface area contributed by atoms with Crippen molar-refractivity contribution in [2.45, 2.75) is 33.7 Å². The monoisotopic (exact) mass is 222 g/mol. The maximum absolute atomic E-state index is 5.52. The number of ether oxygens (including phenoxy) is 1. The number of aromatic nitrogens is 1. The van der Waals surface area contributed by atoms with Gasteiger partial charge in [-0.15, -0.1) is 0 Å². The molecule has 0 unspecified atom stereocenters. The Hall–Kier alpha value is -1.09. The summed E-state index contributed by atoms with van der Waals surface area (Å²) in [5.41, 5.74) is 1.20. The van der Waals surface area contributed by atoms with E-state index in [1.54, 1.807) is 0 Å². The Morgan fingerprint density at radius 3 is 2.75 bits per heavy atom. The summed E-state index contributed by atoms with van der Waals surface area (Å²) in [5, 5.41) is 3.34. The molecule has 0 atom stereocenters. The fourth-order valence-corrected chi connectivity index (χ4v) is 1.26. The fraction of sp³-hybridized carbons (Fsp3) is 0.615. The molecular formula is C13H22N2O. The molecule has 0 aliphatic rings. The Morgan fingerprint density at radius 2 is 2.19 bits per heavy atom. The van der Waals surface area contributed by atoms with Crippen LogP contribution in [0.25, 0.3) is 0 Å². The Morgan fingerprint density at radius 1 is 1.38 bits per heavy atom. The van der Waals surface area contributed by atoms with E-state index in [0.29, 0.717) is 11.8 Å². The minimum atomic E-state index is 0.535. The van der Waals surface area contributed by atoms with Crippen molar-refractivity contribution in [2.75, 3.05) is 13.2 Å². The second-order valence-electron chi connectivity index (χ2n) is 4.39. The average molecular weight is 222 g/mol. The van der Waals surface area contributed by atoms with Crippen LogP contribution in [-0.4, -0.2) is 18.1 Å². The second-order valence-corrected chi connectivity index (χ2v) is 4.39. The van der Waals surface area contributed by atoms with Crippen LogP contribution in [0.5, 0.6) is 5.88 Å². The molecule has 3 heteroatoms. The topological polar surface area (TPSA) is 34.1 Å². The van der Waals surface area contributed by atoms with Gasteiger partial charge in [0.15, 0.2) is 0 Å². The lowest BCUT2D eigenvalue weighted by Crippen LogP contribution is -2.14. The molecule has 90 valence electrons. The van der Waals surface area contributed by atoms with E-state index >= 15 is 0 Å². The van der Waals surface area contributed by atoms with E-state index in [9.17, 15) is 0 Å². The molecule has 3 nitrogen and oxygen atoms in total. The van der Waals surface area contributed by atoms with E-state index in [2.05, 4.69) is 37.1 Å². The molecule has 0 aromatic carbocycles. The van der Waals surface area contributed by atoms with Crippen molar-refractivity contribution in [3.8, 4) is 5.88 Å². The number of pyridine rings is 1. The molecule has 1 heterocycles. The lowest BCUT2D eigenvalue weighted by Gasteiger charge is -2.08. The number of nitrogens with one attached hydrogen (secondary N) is 1. The summed E-state index contributed by atoms with van der Waals surface area (Å²) in [7, 11) is 0. The van der Waals surface area contributed by atoms with Crippen LogP contribution in [0.15, 0.2) is 18.3 Å². The van der Waals surface area contributed by atoms with Crippen molar-refractivity contribution in [1.29, 1.82) is 0 Å². The van der Waals surface area contributed by atoms with Crippen LogP contribution in [-0.2, 0) is 6.54 Å². The highest BCUT2D eigenvalue weighted by Gasteiger charge is 1.98. The summed E-state index contributed by atoms with van der Waals surface area (Å²) in [6.45, 7) is 9.07. The zero-order chi connectivity index (χ0) is 11.8. The lowest BCUT2D eigenvalue weighted by molar-refractivity contribution is 0.261. The Kier molecular flexibility index (Phi) is 5.86. The van der Waals surface area contributed by atoms with Crippen molar-refractivity contribution in [3.05, 3.63) is 23.9 Å². The summed E-state index contributed by atoms with van der Waals surface area (Å²) in [5.74, 6) is 1.25. The standard InChI is InChI=1S/C13H22N2O/c1-4-7-14-8-12-5-6-13(15-9-12)16-10-11(2)3/h5-6,9,11,14H,4,7-8,10H2,1-3H3. The summed E-state index contributed by atoms with van der Waals surface area (Å²) in [6.07, 6.45) is 3.03. The average Bonchev–Trinajstić information content (AvgIpc) is 2.28. The molecule has 1 aromatic rings. The predicted octanol–water partition coefficient (Wildman–Crippen LogP) is 2.62. The molecule has 0 aliphatic carbocycles. The van der Waals surface area contributed by atoms with Crippen molar-refractivity contribution in [2.24, 2.45) is 5.92 Å². The normalized spacial score (nSPS) is 10.8. The van der Waals surface area contributed by atoms with E-state index in [4.69, 9.17) is 4.74 Å². The Balaban J connectivity index is 2.35. The third kappa shape index (κ3) is 5.12. The highest BCUT2D eigenvalue weighted by atomic mass is 16.5. The predicted molar refractivity (Wildman–Crippen MR) is 66.6 cm³/mol. The van der Waals surface area contributed by atoms with Gasteiger partial charge in [0.05, 0.1) is 6.61 Å². The van der Waals surface area contributed by atoms with Crippen molar-refractivity contribution >= 4 is 0 Å². The van der Waals surface area contributed by atoms with E-state index in [0.717, 1.165) is 26.1 Å². The van der Waals surface area contributed by atoms with Gasteiger partial charge in [-0.3, -0.25) is 0 Å². The van der Waals surface area contributed by atoms with Gasteiger partial charge in [-0.1, -0.05) is 26.8 Å². The maximum Gasteiger partial charge on any atom is 0.213 e. The summed E-state index contributed by atoms with van der Waals surface area (Å²) >= 11 is 0. The van der Waals surface area contributed by atoms with Crippen LogP contribution < -0.4 is 10.1 Å².